The van der Waals surface area contributed by atoms with Crippen molar-refractivity contribution in [1.82, 2.24) is 5.32 Å². The molecule has 0 radical (unpaired) electrons. The van der Waals surface area contributed by atoms with E-state index in [-0.39, 0.29) is 25.3 Å². The van der Waals surface area contributed by atoms with E-state index in [0.29, 0.717) is 5.92 Å². The molecule has 0 bridgehead atoms. The lowest BCUT2D eigenvalue weighted by molar-refractivity contribution is -0.119. The van der Waals surface area contributed by atoms with Crippen molar-refractivity contribution in [2.75, 3.05) is 0 Å². The molecule has 2 atom stereocenters. The van der Waals surface area contributed by atoms with Gasteiger partial charge in [-0.25, -0.2) is 0 Å². The second-order valence-electron chi connectivity index (χ2n) is 6.94. The summed E-state index contributed by atoms with van der Waals surface area (Å²) >= 11 is 0. The maximum atomic E-state index is 11.9. The third-order valence-electron chi connectivity index (χ3n) is 4.35. The first kappa shape index (κ1) is 23.3. The molecule has 0 saturated heterocycles. The number of carbonyl (C=O) groups is 1. The molecular weight excluding hydrogens is 306 g/mol. The van der Waals surface area contributed by atoms with Crippen LogP contribution < -0.4 is 5.32 Å². The summed E-state index contributed by atoms with van der Waals surface area (Å²) in [6.45, 7) is 14.0. The molecule has 1 aliphatic carbocycles. The lowest BCUT2D eigenvalue weighted by Gasteiger charge is -2.24. The fourth-order valence-corrected chi connectivity index (χ4v) is 3.06. The minimum atomic E-state index is -0.0865. The van der Waals surface area contributed by atoms with Crippen molar-refractivity contribution in [2.45, 2.75) is 73.4 Å². The Kier molecular flexibility index (Phi) is 11.0. The van der Waals surface area contributed by atoms with E-state index in [4.69, 9.17) is 0 Å². The molecule has 1 N–H and O–H groups in total. The summed E-state index contributed by atoms with van der Waals surface area (Å²) in [4.78, 5) is 11.9. The number of hydrogen-bond donors (Lipinski definition) is 1. The maximum absolute atomic E-state index is 11.9. The third kappa shape index (κ3) is 7.83. The maximum Gasteiger partial charge on any atom is 0.146 e. The van der Waals surface area contributed by atoms with Gasteiger partial charge >= 0.3 is 0 Å². The van der Waals surface area contributed by atoms with Crippen LogP contribution in [0.4, 0.5) is 0 Å². The zero-order valence-corrected chi connectivity index (χ0v) is 15.9. The average molecular weight is 344 g/mol. The largest absolute Gasteiger partial charge is 0.301 e. The lowest BCUT2D eigenvalue weighted by Crippen LogP contribution is -2.42. The summed E-state index contributed by atoms with van der Waals surface area (Å²) in [7, 11) is 0. The summed E-state index contributed by atoms with van der Waals surface area (Å²) in [5, 5.41) is 3.48. The molecule has 0 spiro atoms. The molecule has 0 aliphatic heterocycles. The van der Waals surface area contributed by atoms with Crippen molar-refractivity contribution in [3.05, 3.63) is 59.8 Å². The Balaban J connectivity index is 0.00000576. The van der Waals surface area contributed by atoms with Crippen LogP contribution in [0.25, 0.3) is 0 Å². The van der Waals surface area contributed by atoms with E-state index in [1.807, 2.05) is 13.0 Å². The third-order valence-corrected chi connectivity index (χ3v) is 4.35. The van der Waals surface area contributed by atoms with Crippen LogP contribution in [-0.4, -0.2) is 17.9 Å². The molecule has 2 unspecified atom stereocenters. The van der Waals surface area contributed by atoms with E-state index in [0.717, 1.165) is 19.3 Å². The molecule has 1 rings (SSSR count). The van der Waals surface area contributed by atoms with Crippen LogP contribution in [0, 0.1) is 5.92 Å². The Morgan fingerprint density at radius 2 is 2.00 bits per heavy atom. The van der Waals surface area contributed by atoms with Gasteiger partial charge in [0.2, 0.25) is 0 Å². The normalized spacial score (nSPS) is 17.1. The van der Waals surface area contributed by atoms with Gasteiger partial charge in [-0.05, 0) is 57.1 Å². The standard InChI is InChI=1S/C22H33NO.CH4/c1-7-10-19(8-2)20-12-11-18(14-20)15-21(9-3)23-22(17(6)24)13-16(4)5;/h7-12,16,21-23H,3,13-15H2,1-2,4-6H3;1H4/b10-7-,19-8+;. The van der Waals surface area contributed by atoms with Crippen LogP contribution >= 0.6 is 0 Å². The Hall–Kier alpha value is -1.67. The number of nitrogens with one attached hydrogen (secondary N) is 1. The first-order valence-electron chi connectivity index (χ1n) is 8.98. The second kappa shape index (κ2) is 11.8. The Morgan fingerprint density at radius 1 is 1.32 bits per heavy atom. The molecule has 2 nitrogen and oxygen atoms in total. The monoisotopic (exact) mass is 343 g/mol. The van der Waals surface area contributed by atoms with Crippen molar-refractivity contribution in [3.8, 4) is 0 Å². The van der Waals surface area contributed by atoms with Crippen LogP contribution in [0.15, 0.2) is 59.8 Å². The second-order valence-corrected chi connectivity index (χ2v) is 6.94. The van der Waals surface area contributed by atoms with E-state index >= 15 is 0 Å². The first-order valence-corrected chi connectivity index (χ1v) is 8.98. The van der Waals surface area contributed by atoms with Crippen LogP contribution in [0.1, 0.15) is 61.3 Å². The fraction of sp³-hybridized carbons (Fsp3) is 0.522. The molecule has 25 heavy (non-hydrogen) atoms. The van der Waals surface area contributed by atoms with Gasteiger partial charge in [0, 0.05) is 6.04 Å². The van der Waals surface area contributed by atoms with Crippen molar-refractivity contribution in [3.63, 3.8) is 0 Å². The number of Topliss-reactive ketones (excluding diaryl/α,β-unsaturated/α-hetero) is 1. The van der Waals surface area contributed by atoms with Gasteiger partial charge < -0.3 is 5.32 Å². The topological polar surface area (TPSA) is 29.1 Å². The lowest BCUT2D eigenvalue weighted by atomic mass is 9.96. The number of ketones is 1. The molecule has 2 heteroatoms. The molecule has 1 aliphatic rings. The summed E-state index contributed by atoms with van der Waals surface area (Å²) in [5.41, 5.74) is 4.03. The summed E-state index contributed by atoms with van der Waals surface area (Å²) in [6.07, 6.45) is 15.5. The van der Waals surface area contributed by atoms with Crippen molar-refractivity contribution >= 4 is 5.78 Å². The Labute approximate surface area is 155 Å². The van der Waals surface area contributed by atoms with E-state index in [2.05, 4.69) is 63.0 Å². The minimum absolute atomic E-state index is 0. The SMILES string of the molecule is C.C=CC(CC1=CC=C(C(/C=C\C)=C/C)C1)NC(CC(C)C)C(C)=O. The van der Waals surface area contributed by atoms with Crippen LogP contribution in [0.3, 0.4) is 0 Å². The van der Waals surface area contributed by atoms with Crippen molar-refractivity contribution < 1.29 is 4.79 Å². The first-order chi connectivity index (χ1) is 11.4. The molecular formula is C23H37NO. The van der Waals surface area contributed by atoms with Gasteiger partial charge in [-0.1, -0.05) is 63.3 Å². The molecule has 0 fully saturated rings. The highest BCUT2D eigenvalue weighted by Gasteiger charge is 2.20. The van der Waals surface area contributed by atoms with Gasteiger partial charge in [-0.3, -0.25) is 4.79 Å². The molecule has 0 aromatic heterocycles. The summed E-state index contributed by atoms with van der Waals surface area (Å²) in [5.74, 6) is 0.702. The number of hydrogen-bond acceptors (Lipinski definition) is 2. The Bertz CT molecular complexity index is 561. The molecule has 140 valence electrons. The van der Waals surface area contributed by atoms with Crippen LogP contribution in [-0.2, 0) is 4.79 Å². The van der Waals surface area contributed by atoms with Gasteiger partial charge in [-0.15, -0.1) is 6.58 Å². The molecule has 0 aromatic rings. The van der Waals surface area contributed by atoms with E-state index in [1.54, 1.807) is 6.92 Å². The smallest absolute Gasteiger partial charge is 0.146 e. The van der Waals surface area contributed by atoms with E-state index in [1.165, 1.54) is 16.7 Å². The van der Waals surface area contributed by atoms with Crippen molar-refractivity contribution in [1.29, 1.82) is 0 Å². The average Bonchev–Trinajstić information content (AvgIpc) is 2.98. The van der Waals surface area contributed by atoms with Gasteiger partial charge in [0.05, 0.1) is 6.04 Å². The number of rotatable bonds is 10. The highest BCUT2D eigenvalue weighted by atomic mass is 16.1. The van der Waals surface area contributed by atoms with E-state index in [9.17, 15) is 4.79 Å². The van der Waals surface area contributed by atoms with Crippen molar-refractivity contribution in [2.24, 2.45) is 5.92 Å². The van der Waals surface area contributed by atoms with Crippen LogP contribution in [0.5, 0.6) is 0 Å². The predicted molar refractivity (Wildman–Crippen MR) is 112 cm³/mol. The Morgan fingerprint density at radius 3 is 2.48 bits per heavy atom. The molecule has 0 heterocycles. The summed E-state index contributed by atoms with van der Waals surface area (Å²) < 4.78 is 0. The number of carbonyl (C=O) groups excluding carboxylic acids is 1. The quantitative estimate of drug-likeness (QED) is 0.393. The number of allylic oxidation sites excluding steroid dienone is 7. The fourth-order valence-electron chi connectivity index (χ4n) is 3.06. The summed E-state index contributed by atoms with van der Waals surface area (Å²) in [6, 6.07) is 0.0454. The van der Waals surface area contributed by atoms with Gasteiger partial charge in [0.1, 0.15) is 5.78 Å². The molecule has 0 saturated carbocycles. The molecule has 0 amide bonds. The highest BCUT2D eigenvalue weighted by molar-refractivity contribution is 5.81. The molecule has 0 aromatic carbocycles. The highest BCUT2D eigenvalue weighted by Crippen LogP contribution is 2.29. The predicted octanol–water partition coefficient (Wildman–Crippen LogP) is 5.94. The minimum Gasteiger partial charge on any atom is -0.301 e. The van der Waals surface area contributed by atoms with E-state index < -0.39 is 0 Å². The zero-order valence-electron chi connectivity index (χ0n) is 15.9. The zero-order chi connectivity index (χ0) is 18.1. The van der Waals surface area contributed by atoms with Crippen LogP contribution in [0.2, 0.25) is 0 Å². The van der Waals surface area contributed by atoms with Gasteiger partial charge in [-0.2, -0.15) is 0 Å². The van der Waals surface area contributed by atoms with Gasteiger partial charge in [0.15, 0.2) is 0 Å². The van der Waals surface area contributed by atoms with Gasteiger partial charge in [0.25, 0.3) is 0 Å².